The molecule has 0 saturated carbocycles. The highest BCUT2D eigenvalue weighted by Gasteiger charge is 2.14. The molecule has 21 heavy (non-hydrogen) atoms. The highest BCUT2D eigenvalue weighted by Crippen LogP contribution is 2.10. The third-order valence-electron chi connectivity index (χ3n) is 2.68. The number of hydrogen-bond donors (Lipinski definition) is 3. The van der Waals surface area contributed by atoms with Gasteiger partial charge in [0.25, 0.3) is 0 Å². The van der Waals surface area contributed by atoms with E-state index in [0.717, 1.165) is 0 Å². The number of amides is 1. The van der Waals surface area contributed by atoms with Gasteiger partial charge in [-0.3, -0.25) is 9.36 Å². The van der Waals surface area contributed by atoms with Gasteiger partial charge in [-0.1, -0.05) is 0 Å². The number of imidazole rings is 1. The van der Waals surface area contributed by atoms with Crippen LogP contribution in [-0.2, 0) is 4.79 Å². The standard InChI is InChI=1S/C12H18N8O/c1-4-15-10-17-11(16-8(2)9(21)13-3)19-12(18-10)20-6-5-14-7-20/h5-8H,4H2,1-3H3,(H,13,21)(H2,15,16,17,18,19). The molecule has 0 aliphatic carbocycles. The third kappa shape index (κ3) is 3.65. The van der Waals surface area contributed by atoms with Crippen LogP contribution in [0.5, 0.6) is 0 Å². The van der Waals surface area contributed by atoms with Gasteiger partial charge >= 0.3 is 0 Å². The van der Waals surface area contributed by atoms with Gasteiger partial charge in [-0.05, 0) is 13.8 Å². The first kappa shape index (κ1) is 14.7. The predicted octanol–water partition coefficient (Wildman–Crippen LogP) is 0.0355. The zero-order valence-electron chi connectivity index (χ0n) is 12.2. The van der Waals surface area contributed by atoms with E-state index in [1.165, 1.54) is 0 Å². The second-order valence-electron chi connectivity index (χ2n) is 4.26. The van der Waals surface area contributed by atoms with Gasteiger partial charge in [0.2, 0.25) is 23.8 Å². The van der Waals surface area contributed by atoms with E-state index in [0.29, 0.717) is 24.4 Å². The maximum atomic E-state index is 11.6. The van der Waals surface area contributed by atoms with Gasteiger partial charge in [0, 0.05) is 26.0 Å². The van der Waals surface area contributed by atoms with Gasteiger partial charge in [0.05, 0.1) is 0 Å². The van der Waals surface area contributed by atoms with Crippen LogP contribution in [0.4, 0.5) is 11.9 Å². The molecular formula is C12H18N8O. The summed E-state index contributed by atoms with van der Waals surface area (Å²) in [6.45, 7) is 4.35. The molecule has 9 heteroatoms. The van der Waals surface area contributed by atoms with Crippen LogP contribution in [0.1, 0.15) is 13.8 Å². The van der Waals surface area contributed by atoms with E-state index in [1.54, 1.807) is 37.3 Å². The number of nitrogens with zero attached hydrogens (tertiary/aromatic N) is 5. The molecule has 1 unspecified atom stereocenters. The molecule has 0 fully saturated rings. The topological polar surface area (TPSA) is 110 Å². The van der Waals surface area contributed by atoms with Crippen LogP contribution in [0.25, 0.3) is 5.95 Å². The number of nitrogens with one attached hydrogen (secondary N) is 3. The first-order chi connectivity index (χ1) is 10.1. The van der Waals surface area contributed by atoms with Gasteiger partial charge in [-0.2, -0.15) is 15.0 Å². The smallest absolute Gasteiger partial charge is 0.242 e. The molecule has 0 saturated heterocycles. The van der Waals surface area contributed by atoms with E-state index in [2.05, 4.69) is 35.9 Å². The largest absolute Gasteiger partial charge is 0.357 e. The van der Waals surface area contributed by atoms with Crippen molar-refractivity contribution in [2.45, 2.75) is 19.9 Å². The summed E-state index contributed by atoms with van der Waals surface area (Å²) in [7, 11) is 1.58. The lowest BCUT2D eigenvalue weighted by atomic mass is 10.3. The number of hydrogen-bond acceptors (Lipinski definition) is 7. The molecule has 0 aromatic carbocycles. The SMILES string of the molecule is CCNc1nc(NC(C)C(=O)NC)nc(-n2ccnc2)n1. The average Bonchev–Trinajstić information content (AvgIpc) is 3.00. The quantitative estimate of drug-likeness (QED) is 0.688. The first-order valence-electron chi connectivity index (χ1n) is 6.60. The van der Waals surface area contributed by atoms with Crippen molar-refractivity contribution in [2.75, 3.05) is 24.2 Å². The van der Waals surface area contributed by atoms with Crippen LogP contribution in [0.2, 0.25) is 0 Å². The van der Waals surface area contributed by atoms with Crippen molar-refractivity contribution in [3.8, 4) is 5.95 Å². The maximum Gasteiger partial charge on any atom is 0.242 e. The van der Waals surface area contributed by atoms with E-state index >= 15 is 0 Å². The Labute approximate surface area is 122 Å². The molecule has 1 amide bonds. The molecule has 112 valence electrons. The minimum atomic E-state index is -0.456. The van der Waals surface area contributed by atoms with Crippen molar-refractivity contribution < 1.29 is 4.79 Å². The van der Waals surface area contributed by atoms with Crippen molar-refractivity contribution in [1.82, 2.24) is 29.8 Å². The fourth-order valence-corrected chi connectivity index (χ4v) is 1.64. The van der Waals surface area contributed by atoms with Crippen molar-refractivity contribution in [3.05, 3.63) is 18.7 Å². The summed E-state index contributed by atoms with van der Waals surface area (Å²) in [6, 6.07) is -0.456. The Kier molecular flexibility index (Phi) is 4.64. The fraction of sp³-hybridized carbons (Fsp3) is 0.417. The summed E-state index contributed by atoms with van der Waals surface area (Å²) < 4.78 is 1.66. The fourth-order valence-electron chi connectivity index (χ4n) is 1.64. The molecule has 0 aliphatic rings. The Morgan fingerprint density at radius 1 is 1.33 bits per heavy atom. The van der Waals surface area contributed by atoms with Gasteiger partial charge in [0.15, 0.2) is 0 Å². The lowest BCUT2D eigenvalue weighted by Gasteiger charge is -2.13. The molecule has 9 nitrogen and oxygen atoms in total. The minimum Gasteiger partial charge on any atom is -0.357 e. The van der Waals surface area contributed by atoms with Gasteiger partial charge in [0.1, 0.15) is 12.4 Å². The zero-order chi connectivity index (χ0) is 15.2. The summed E-state index contributed by atoms with van der Waals surface area (Å²) in [5.74, 6) is 1.03. The van der Waals surface area contributed by atoms with Crippen LogP contribution >= 0.6 is 0 Å². The summed E-state index contributed by atoms with van der Waals surface area (Å²) in [5, 5.41) is 8.54. The zero-order valence-corrected chi connectivity index (χ0v) is 12.2. The van der Waals surface area contributed by atoms with Gasteiger partial charge in [-0.25, -0.2) is 4.98 Å². The highest BCUT2D eigenvalue weighted by atomic mass is 16.2. The number of likely N-dealkylation sites (N-methyl/N-ethyl adjacent to an activating group) is 1. The van der Waals surface area contributed by atoms with Crippen molar-refractivity contribution in [2.24, 2.45) is 0 Å². The molecule has 2 aromatic rings. The number of carbonyl (C=O) groups excluding carboxylic acids is 1. The molecule has 2 rings (SSSR count). The number of rotatable bonds is 6. The molecule has 1 atom stereocenters. The monoisotopic (exact) mass is 290 g/mol. The summed E-state index contributed by atoms with van der Waals surface area (Å²) in [4.78, 5) is 28.3. The lowest BCUT2D eigenvalue weighted by molar-refractivity contribution is -0.121. The van der Waals surface area contributed by atoms with Crippen molar-refractivity contribution >= 4 is 17.8 Å². The summed E-state index contributed by atoms with van der Waals surface area (Å²) >= 11 is 0. The van der Waals surface area contributed by atoms with E-state index in [-0.39, 0.29) is 5.91 Å². The number of aromatic nitrogens is 5. The molecule has 0 aliphatic heterocycles. The molecule has 2 aromatic heterocycles. The number of anilines is 2. The Morgan fingerprint density at radius 3 is 2.71 bits per heavy atom. The highest BCUT2D eigenvalue weighted by molar-refractivity contribution is 5.83. The molecule has 0 radical (unpaired) electrons. The minimum absolute atomic E-state index is 0.149. The molecule has 2 heterocycles. The predicted molar refractivity (Wildman–Crippen MR) is 78.3 cm³/mol. The molecule has 3 N–H and O–H groups in total. The molecule has 0 spiro atoms. The second-order valence-corrected chi connectivity index (χ2v) is 4.26. The Hall–Kier alpha value is -2.71. The summed E-state index contributed by atoms with van der Waals surface area (Å²) in [6.07, 6.45) is 4.96. The van der Waals surface area contributed by atoms with Crippen LogP contribution in [0.3, 0.4) is 0 Å². The Bertz CT molecular complexity index is 597. The normalized spacial score (nSPS) is 11.8. The summed E-state index contributed by atoms with van der Waals surface area (Å²) in [5.41, 5.74) is 0. The van der Waals surface area contributed by atoms with E-state index in [4.69, 9.17) is 0 Å². The van der Waals surface area contributed by atoms with Crippen LogP contribution in [0, 0.1) is 0 Å². The van der Waals surface area contributed by atoms with Crippen molar-refractivity contribution in [3.63, 3.8) is 0 Å². The van der Waals surface area contributed by atoms with Crippen LogP contribution in [-0.4, -0.2) is 50.0 Å². The second kappa shape index (κ2) is 6.64. The first-order valence-corrected chi connectivity index (χ1v) is 6.60. The molecular weight excluding hydrogens is 272 g/mol. The maximum absolute atomic E-state index is 11.6. The van der Waals surface area contributed by atoms with Crippen molar-refractivity contribution in [1.29, 1.82) is 0 Å². The Balaban J connectivity index is 2.29. The Morgan fingerprint density at radius 2 is 2.10 bits per heavy atom. The average molecular weight is 290 g/mol. The van der Waals surface area contributed by atoms with E-state index in [9.17, 15) is 4.79 Å². The molecule has 0 bridgehead atoms. The van der Waals surface area contributed by atoms with E-state index in [1.807, 2.05) is 6.92 Å². The lowest BCUT2D eigenvalue weighted by Crippen LogP contribution is -2.35. The van der Waals surface area contributed by atoms with E-state index < -0.39 is 6.04 Å². The van der Waals surface area contributed by atoms with Gasteiger partial charge < -0.3 is 16.0 Å². The van der Waals surface area contributed by atoms with Crippen LogP contribution < -0.4 is 16.0 Å². The van der Waals surface area contributed by atoms with Crippen LogP contribution in [0.15, 0.2) is 18.7 Å². The van der Waals surface area contributed by atoms with Gasteiger partial charge in [-0.15, -0.1) is 0 Å². The number of carbonyl (C=O) groups is 1. The third-order valence-corrected chi connectivity index (χ3v) is 2.68.